The lowest BCUT2D eigenvalue weighted by Crippen LogP contribution is -2.26. The fourth-order valence-electron chi connectivity index (χ4n) is 1.88. The lowest BCUT2D eigenvalue weighted by atomic mass is 10.1. The molecule has 1 N–H and O–H groups in total. The third-order valence-electron chi connectivity index (χ3n) is 3.05. The molecule has 0 saturated carbocycles. The van der Waals surface area contributed by atoms with E-state index in [1.807, 2.05) is 12.1 Å². The lowest BCUT2D eigenvalue weighted by molar-refractivity contribution is 0.459. The van der Waals surface area contributed by atoms with Crippen molar-refractivity contribution in [2.24, 2.45) is 0 Å². The van der Waals surface area contributed by atoms with Crippen LogP contribution in [-0.4, -0.2) is 6.04 Å². The van der Waals surface area contributed by atoms with Crippen molar-refractivity contribution in [2.75, 3.05) is 0 Å². The topological polar surface area (TPSA) is 25.2 Å². The van der Waals surface area contributed by atoms with Crippen LogP contribution in [0.5, 0.6) is 0 Å². The van der Waals surface area contributed by atoms with Gasteiger partial charge in [-0.05, 0) is 49.2 Å². The highest BCUT2D eigenvalue weighted by Gasteiger charge is 2.06. The van der Waals surface area contributed by atoms with Crippen molar-refractivity contribution in [3.8, 4) is 0 Å². The highest BCUT2D eigenvalue weighted by Crippen LogP contribution is 2.17. The summed E-state index contributed by atoms with van der Waals surface area (Å²) in [5.74, 6) is 0.724. The molecule has 0 aliphatic rings. The molecule has 1 atom stereocenters. The molecular formula is C15H17ClFNO. The summed E-state index contributed by atoms with van der Waals surface area (Å²) in [6, 6.07) is 8.59. The van der Waals surface area contributed by atoms with Crippen LogP contribution in [0.1, 0.15) is 24.7 Å². The quantitative estimate of drug-likeness (QED) is 0.859. The highest BCUT2D eigenvalue weighted by molar-refractivity contribution is 6.31. The Balaban J connectivity index is 1.79. The molecule has 1 aromatic heterocycles. The van der Waals surface area contributed by atoms with Gasteiger partial charge in [-0.15, -0.1) is 0 Å². The predicted molar refractivity (Wildman–Crippen MR) is 74.7 cm³/mol. The molecule has 1 unspecified atom stereocenters. The molecule has 0 spiro atoms. The predicted octanol–water partition coefficient (Wildman–Crippen LogP) is 4.18. The van der Waals surface area contributed by atoms with Crippen LogP contribution >= 0.6 is 11.6 Å². The second kappa shape index (κ2) is 6.73. The molecule has 0 bridgehead atoms. The van der Waals surface area contributed by atoms with Crippen LogP contribution in [0.4, 0.5) is 4.39 Å². The van der Waals surface area contributed by atoms with Crippen molar-refractivity contribution in [3.63, 3.8) is 0 Å². The Labute approximate surface area is 117 Å². The summed E-state index contributed by atoms with van der Waals surface area (Å²) in [5.41, 5.74) is 0.784. The van der Waals surface area contributed by atoms with Gasteiger partial charge in [0.25, 0.3) is 0 Å². The first kappa shape index (κ1) is 14.1. The van der Waals surface area contributed by atoms with Crippen molar-refractivity contribution >= 4 is 11.6 Å². The fraction of sp³-hybridized carbons (Fsp3) is 0.333. The zero-order valence-electron chi connectivity index (χ0n) is 10.8. The van der Waals surface area contributed by atoms with E-state index < -0.39 is 0 Å². The molecule has 2 rings (SSSR count). The molecule has 102 valence electrons. The van der Waals surface area contributed by atoms with E-state index in [0.717, 1.165) is 24.2 Å². The SMILES string of the molecule is CC(CCc1ccco1)NCc1cc(F)ccc1Cl. The number of hydrogen-bond acceptors (Lipinski definition) is 2. The first-order chi connectivity index (χ1) is 9.15. The Morgan fingerprint density at radius 1 is 1.37 bits per heavy atom. The molecule has 19 heavy (non-hydrogen) atoms. The summed E-state index contributed by atoms with van der Waals surface area (Å²) >= 11 is 6.02. The molecule has 1 aromatic carbocycles. The van der Waals surface area contributed by atoms with Gasteiger partial charge in [-0.3, -0.25) is 0 Å². The second-order valence-corrected chi connectivity index (χ2v) is 5.04. The zero-order valence-corrected chi connectivity index (χ0v) is 11.6. The number of hydrogen-bond donors (Lipinski definition) is 1. The Morgan fingerprint density at radius 3 is 2.95 bits per heavy atom. The standard InChI is InChI=1S/C15H17ClFNO/c1-11(4-6-14-3-2-8-19-14)18-10-12-9-13(17)5-7-15(12)16/h2-3,5,7-9,11,18H,4,6,10H2,1H3. The summed E-state index contributed by atoms with van der Waals surface area (Å²) in [6.07, 6.45) is 3.53. The third-order valence-corrected chi connectivity index (χ3v) is 3.42. The first-order valence-electron chi connectivity index (χ1n) is 6.35. The van der Waals surface area contributed by atoms with E-state index in [1.54, 1.807) is 12.3 Å². The molecule has 0 saturated heterocycles. The minimum absolute atomic E-state index is 0.260. The van der Waals surface area contributed by atoms with Gasteiger partial charge in [-0.1, -0.05) is 11.6 Å². The smallest absolute Gasteiger partial charge is 0.123 e. The number of aryl methyl sites for hydroxylation is 1. The van der Waals surface area contributed by atoms with Crippen molar-refractivity contribution in [1.29, 1.82) is 0 Å². The maximum Gasteiger partial charge on any atom is 0.123 e. The van der Waals surface area contributed by atoms with Crippen LogP contribution in [-0.2, 0) is 13.0 Å². The van der Waals surface area contributed by atoms with Gasteiger partial charge in [0.05, 0.1) is 6.26 Å². The lowest BCUT2D eigenvalue weighted by Gasteiger charge is -2.14. The minimum atomic E-state index is -0.260. The molecule has 0 radical (unpaired) electrons. The molecule has 2 nitrogen and oxygen atoms in total. The monoisotopic (exact) mass is 281 g/mol. The van der Waals surface area contributed by atoms with E-state index in [9.17, 15) is 4.39 Å². The normalized spacial score (nSPS) is 12.6. The Hall–Kier alpha value is -1.32. The molecular weight excluding hydrogens is 265 g/mol. The average Bonchev–Trinajstić information content (AvgIpc) is 2.90. The Kier molecular flexibility index (Phi) is 5.00. The van der Waals surface area contributed by atoms with Gasteiger partial charge in [0.2, 0.25) is 0 Å². The number of nitrogens with one attached hydrogen (secondary N) is 1. The molecule has 2 aromatic rings. The molecule has 0 aliphatic carbocycles. The van der Waals surface area contributed by atoms with Gasteiger partial charge in [-0.25, -0.2) is 4.39 Å². The van der Waals surface area contributed by atoms with E-state index in [1.165, 1.54) is 12.1 Å². The summed E-state index contributed by atoms with van der Waals surface area (Å²) in [5, 5.41) is 3.93. The van der Waals surface area contributed by atoms with Gasteiger partial charge in [0, 0.05) is 24.0 Å². The van der Waals surface area contributed by atoms with Crippen LogP contribution in [0.2, 0.25) is 5.02 Å². The fourth-order valence-corrected chi connectivity index (χ4v) is 2.06. The average molecular weight is 282 g/mol. The molecule has 1 heterocycles. The van der Waals surface area contributed by atoms with E-state index in [0.29, 0.717) is 17.6 Å². The minimum Gasteiger partial charge on any atom is -0.469 e. The molecule has 0 fully saturated rings. The second-order valence-electron chi connectivity index (χ2n) is 4.64. The number of benzene rings is 1. The number of furan rings is 1. The van der Waals surface area contributed by atoms with Crippen LogP contribution in [0, 0.1) is 5.82 Å². The van der Waals surface area contributed by atoms with Gasteiger partial charge < -0.3 is 9.73 Å². The number of rotatable bonds is 6. The van der Waals surface area contributed by atoms with E-state index >= 15 is 0 Å². The van der Waals surface area contributed by atoms with E-state index in [4.69, 9.17) is 16.0 Å². The van der Waals surface area contributed by atoms with Crippen LogP contribution in [0.15, 0.2) is 41.0 Å². The van der Waals surface area contributed by atoms with E-state index in [2.05, 4.69) is 12.2 Å². The van der Waals surface area contributed by atoms with Crippen LogP contribution in [0.25, 0.3) is 0 Å². The number of halogens is 2. The third kappa shape index (κ3) is 4.37. The van der Waals surface area contributed by atoms with Gasteiger partial charge in [0.15, 0.2) is 0 Å². The zero-order chi connectivity index (χ0) is 13.7. The first-order valence-corrected chi connectivity index (χ1v) is 6.72. The van der Waals surface area contributed by atoms with Gasteiger partial charge in [-0.2, -0.15) is 0 Å². The Bertz CT molecular complexity index is 513. The largest absolute Gasteiger partial charge is 0.469 e. The summed E-state index contributed by atoms with van der Waals surface area (Å²) in [4.78, 5) is 0. The molecule has 0 aliphatic heterocycles. The van der Waals surface area contributed by atoms with Gasteiger partial charge in [0.1, 0.15) is 11.6 Å². The summed E-state index contributed by atoms with van der Waals surface area (Å²) in [6.45, 7) is 2.66. The van der Waals surface area contributed by atoms with Crippen molar-refractivity contribution in [2.45, 2.75) is 32.4 Å². The van der Waals surface area contributed by atoms with Crippen molar-refractivity contribution in [3.05, 3.63) is 58.8 Å². The highest BCUT2D eigenvalue weighted by atomic mass is 35.5. The van der Waals surface area contributed by atoms with Crippen molar-refractivity contribution in [1.82, 2.24) is 5.32 Å². The van der Waals surface area contributed by atoms with E-state index in [-0.39, 0.29) is 5.82 Å². The van der Waals surface area contributed by atoms with Gasteiger partial charge >= 0.3 is 0 Å². The molecule has 0 amide bonds. The van der Waals surface area contributed by atoms with Crippen molar-refractivity contribution < 1.29 is 8.81 Å². The maximum atomic E-state index is 13.1. The summed E-state index contributed by atoms with van der Waals surface area (Å²) < 4.78 is 18.4. The van der Waals surface area contributed by atoms with Crippen LogP contribution < -0.4 is 5.32 Å². The summed E-state index contributed by atoms with van der Waals surface area (Å²) in [7, 11) is 0. The molecule has 4 heteroatoms. The Morgan fingerprint density at radius 2 is 2.21 bits per heavy atom. The van der Waals surface area contributed by atoms with Crippen LogP contribution in [0.3, 0.4) is 0 Å². The maximum absolute atomic E-state index is 13.1.